The number of halogens is 2. The van der Waals surface area contributed by atoms with E-state index in [1.807, 2.05) is 42.5 Å². The highest BCUT2D eigenvalue weighted by molar-refractivity contribution is 9.10. The van der Waals surface area contributed by atoms with Crippen LogP contribution in [-0.2, 0) is 5.75 Å². The van der Waals surface area contributed by atoms with Crippen molar-refractivity contribution in [3.8, 4) is 0 Å². The van der Waals surface area contributed by atoms with Gasteiger partial charge in [-0.25, -0.2) is 4.98 Å². The second-order valence-electron chi connectivity index (χ2n) is 4.60. The van der Waals surface area contributed by atoms with Gasteiger partial charge in [-0.2, -0.15) is 0 Å². The van der Waals surface area contributed by atoms with Crippen LogP contribution in [0.25, 0.3) is 10.9 Å². The van der Waals surface area contributed by atoms with Crippen molar-refractivity contribution in [2.75, 3.05) is 5.73 Å². The largest absolute Gasteiger partial charge is 0.398 e. The van der Waals surface area contributed by atoms with Gasteiger partial charge in [-0.15, -0.1) is 11.8 Å². The molecule has 0 fully saturated rings. The minimum atomic E-state index is 0.553. The monoisotopic (exact) mass is 378 g/mol. The SMILES string of the molecule is Nc1cc(Br)ccc1SCc1cc2ccccc2nc1Cl. The summed E-state index contributed by atoms with van der Waals surface area (Å²) in [6.07, 6.45) is 0. The summed E-state index contributed by atoms with van der Waals surface area (Å²) >= 11 is 11.3. The molecule has 0 aliphatic carbocycles. The van der Waals surface area contributed by atoms with Gasteiger partial charge in [0, 0.05) is 31.8 Å². The number of nitrogen functional groups attached to an aromatic ring is 1. The fraction of sp³-hybridized carbons (Fsp3) is 0.0625. The molecule has 3 aromatic rings. The predicted molar refractivity (Wildman–Crippen MR) is 94.9 cm³/mol. The van der Waals surface area contributed by atoms with Crippen LogP contribution in [0.2, 0.25) is 5.15 Å². The zero-order chi connectivity index (χ0) is 14.8. The number of hydrogen-bond donors (Lipinski definition) is 1. The highest BCUT2D eigenvalue weighted by Gasteiger charge is 2.07. The minimum absolute atomic E-state index is 0.553. The Morgan fingerprint density at radius 2 is 1.95 bits per heavy atom. The lowest BCUT2D eigenvalue weighted by atomic mass is 10.2. The third kappa shape index (κ3) is 3.34. The van der Waals surface area contributed by atoms with Gasteiger partial charge in [0.15, 0.2) is 0 Å². The first-order valence-corrected chi connectivity index (χ1v) is 8.51. The van der Waals surface area contributed by atoms with Gasteiger partial charge in [0.05, 0.1) is 5.52 Å². The molecule has 2 N–H and O–H groups in total. The summed E-state index contributed by atoms with van der Waals surface area (Å²) in [5.41, 5.74) is 8.71. The van der Waals surface area contributed by atoms with Crippen LogP contribution < -0.4 is 5.73 Å². The smallest absolute Gasteiger partial charge is 0.133 e. The zero-order valence-electron chi connectivity index (χ0n) is 11.0. The van der Waals surface area contributed by atoms with Crippen LogP contribution in [0.1, 0.15) is 5.56 Å². The summed E-state index contributed by atoms with van der Waals surface area (Å²) in [6, 6.07) is 16.0. The number of aromatic nitrogens is 1. The number of benzene rings is 2. The molecule has 0 saturated heterocycles. The molecule has 0 bridgehead atoms. The first-order chi connectivity index (χ1) is 10.1. The fourth-order valence-electron chi connectivity index (χ4n) is 2.04. The lowest BCUT2D eigenvalue weighted by molar-refractivity contribution is 1.30. The third-order valence-corrected chi connectivity index (χ3v) is 5.06. The van der Waals surface area contributed by atoms with E-state index in [-0.39, 0.29) is 0 Å². The van der Waals surface area contributed by atoms with E-state index in [1.54, 1.807) is 11.8 Å². The van der Waals surface area contributed by atoms with Crippen molar-refractivity contribution in [1.82, 2.24) is 4.98 Å². The van der Waals surface area contributed by atoms with Crippen LogP contribution in [0.5, 0.6) is 0 Å². The molecule has 0 aliphatic rings. The fourth-order valence-corrected chi connectivity index (χ4v) is 3.64. The average molecular weight is 380 g/mol. The Hall–Kier alpha value is -1.23. The molecule has 0 radical (unpaired) electrons. The molecular formula is C16H12BrClN2S. The highest BCUT2D eigenvalue weighted by atomic mass is 79.9. The quantitative estimate of drug-likeness (QED) is 0.370. The van der Waals surface area contributed by atoms with Crippen molar-refractivity contribution in [2.24, 2.45) is 0 Å². The van der Waals surface area contributed by atoms with Crippen molar-refractivity contribution in [3.63, 3.8) is 0 Å². The Morgan fingerprint density at radius 1 is 1.14 bits per heavy atom. The highest BCUT2D eigenvalue weighted by Crippen LogP contribution is 2.32. The molecule has 3 rings (SSSR count). The second kappa shape index (κ2) is 6.26. The maximum atomic E-state index is 6.27. The van der Waals surface area contributed by atoms with E-state index in [4.69, 9.17) is 17.3 Å². The summed E-state index contributed by atoms with van der Waals surface area (Å²) in [7, 11) is 0. The van der Waals surface area contributed by atoms with E-state index in [0.717, 1.165) is 37.3 Å². The number of rotatable bonds is 3. The molecule has 21 heavy (non-hydrogen) atoms. The molecule has 106 valence electrons. The van der Waals surface area contributed by atoms with Crippen LogP contribution in [-0.4, -0.2) is 4.98 Å². The van der Waals surface area contributed by atoms with E-state index in [1.165, 1.54) is 0 Å². The van der Waals surface area contributed by atoms with Gasteiger partial charge in [0.2, 0.25) is 0 Å². The Morgan fingerprint density at radius 3 is 2.76 bits per heavy atom. The lowest BCUT2D eigenvalue weighted by Crippen LogP contribution is -1.91. The minimum Gasteiger partial charge on any atom is -0.398 e. The maximum Gasteiger partial charge on any atom is 0.133 e. The summed E-state index contributed by atoms with van der Waals surface area (Å²) in [4.78, 5) is 5.48. The van der Waals surface area contributed by atoms with Crippen molar-refractivity contribution in [1.29, 1.82) is 0 Å². The van der Waals surface area contributed by atoms with Gasteiger partial charge in [0.1, 0.15) is 5.15 Å². The van der Waals surface area contributed by atoms with Gasteiger partial charge in [0.25, 0.3) is 0 Å². The van der Waals surface area contributed by atoms with Gasteiger partial charge >= 0.3 is 0 Å². The van der Waals surface area contributed by atoms with Gasteiger partial charge in [-0.1, -0.05) is 45.7 Å². The van der Waals surface area contributed by atoms with Crippen molar-refractivity contribution in [2.45, 2.75) is 10.6 Å². The van der Waals surface area contributed by atoms with Gasteiger partial charge in [-0.3, -0.25) is 0 Å². The van der Waals surface area contributed by atoms with E-state index in [9.17, 15) is 0 Å². The Kier molecular flexibility index (Phi) is 4.38. The number of thioether (sulfide) groups is 1. The normalized spacial score (nSPS) is 11.0. The van der Waals surface area contributed by atoms with E-state index >= 15 is 0 Å². The molecule has 0 atom stereocenters. The number of anilines is 1. The number of para-hydroxylation sites is 1. The van der Waals surface area contributed by atoms with Crippen molar-refractivity contribution < 1.29 is 0 Å². The molecule has 0 unspecified atom stereocenters. The Bertz CT molecular complexity index is 807. The summed E-state index contributed by atoms with van der Waals surface area (Å²) in [6.45, 7) is 0. The number of fused-ring (bicyclic) bond motifs is 1. The topological polar surface area (TPSA) is 38.9 Å². The van der Waals surface area contributed by atoms with Crippen LogP contribution >= 0.6 is 39.3 Å². The average Bonchev–Trinajstić information content (AvgIpc) is 2.46. The van der Waals surface area contributed by atoms with E-state index in [2.05, 4.69) is 27.0 Å². The van der Waals surface area contributed by atoms with Gasteiger partial charge in [-0.05, 0) is 30.3 Å². The number of nitrogens with zero attached hydrogens (tertiary/aromatic N) is 1. The van der Waals surface area contributed by atoms with Crippen LogP contribution in [0.4, 0.5) is 5.69 Å². The molecule has 0 aliphatic heterocycles. The number of pyridine rings is 1. The molecular weight excluding hydrogens is 368 g/mol. The van der Waals surface area contributed by atoms with Gasteiger partial charge < -0.3 is 5.73 Å². The van der Waals surface area contributed by atoms with Crippen molar-refractivity contribution >= 4 is 55.9 Å². The Balaban J connectivity index is 1.86. The summed E-state index contributed by atoms with van der Waals surface area (Å²) < 4.78 is 0.981. The second-order valence-corrected chi connectivity index (χ2v) is 6.89. The van der Waals surface area contributed by atoms with E-state index in [0.29, 0.717) is 5.15 Å². The molecule has 5 heteroatoms. The first-order valence-electron chi connectivity index (χ1n) is 6.35. The molecule has 0 spiro atoms. The van der Waals surface area contributed by atoms with Crippen LogP contribution in [0.3, 0.4) is 0 Å². The zero-order valence-corrected chi connectivity index (χ0v) is 14.2. The van der Waals surface area contributed by atoms with Crippen LogP contribution in [0, 0.1) is 0 Å². The number of nitrogens with two attached hydrogens (primary N) is 1. The predicted octanol–water partition coefficient (Wildman–Crippen LogP) is 5.53. The Labute approximate surface area is 140 Å². The molecule has 1 aromatic heterocycles. The third-order valence-electron chi connectivity index (χ3n) is 3.11. The summed E-state index contributed by atoms with van der Waals surface area (Å²) in [5.74, 6) is 0.739. The lowest BCUT2D eigenvalue weighted by Gasteiger charge is -2.08. The van der Waals surface area contributed by atoms with E-state index < -0.39 is 0 Å². The molecule has 0 amide bonds. The number of hydrogen-bond acceptors (Lipinski definition) is 3. The summed E-state index contributed by atoms with van der Waals surface area (Å²) in [5, 5.41) is 1.65. The van der Waals surface area contributed by atoms with Crippen LogP contribution in [0.15, 0.2) is 57.9 Å². The first kappa shape index (κ1) is 14.7. The molecule has 0 saturated carbocycles. The molecule has 2 aromatic carbocycles. The van der Waals surface area contributed by atoms with Crippen molar-refractivity contribution in [3.05, 3.63) is 63.7 Å². The molecule has 2 nitrogen and oxygen atoms in total. The molecule has 1 heterocycles. The maximum absolute atomic E-state index is 6.27. The standard InChI is InChI=1S/C16H12BrClN2S/c17-12-5-6-15(13(19)8-12)21-9-11-7-10-3-1-2-4-14(10)20-16(11)18/h1-8H,9,19H2.